The third kappa shape index (κ3) is 4.16. The molecule has 1 atom stereocenters. The lowest BCUT2D eigenvalue weighted by atomic mass is 10.0. The van der Waals surface area contributed by atoms with Gasteiger partial charge in [0.05, 0.1) is 23.0 Å². The summed E-state index contributed by atoms with van der Waals surface area (Å²) in [5, 5.41) is 3.32. The molecular formula is C29H24F3N3O2. The number of pyridine rings is 1. The van der Waals surface area contributed by atoms with Gasteiger partial charge in [-0.3, -0.25) is 4.79 Å². The van der Waals surface area contributed by atoms with E-state index in [4.69, 9.17) is 9.73 Å². The third-order valence-corrected chi connectivity index (χ3v) is 7.01. The van der Waals surface area contributed by atoms with Crippen molar-refractivity contribution in [2.75, 3.05) is 11.9 Å². The summed E-state index contributed by atoms with van der Waals surface area (Å²) in [5.74, 6) is -4.20. The quantitative estimate of drug-likeness (QED) is 0.344. The fraction of sp³-hybridized carbons (Fsp3) is 0.241. The van der Waals surface area contributed by atoms with Crippen molar-refractivity contribution in [2.24, 2.45) is 18.0 Å². The highest BCUT2D eigenvalue weighted by molar-refractivity contribution is 6.14. The molecule has 3 aromatic carbocycles. The number of fused-ring (bicyclic) bond motifs is 3. The van der Waals surface area contributed by atoms with Crippen LogP contribution in [-0.4, -0.2) is 28.9 Å². The van der Waals surface area contributed by atoms with Gasteiger partial charge in [0.25, 0.3) is 5.56 Å². The molecule has 8 heteroatoms. The number of nitrogens with zero attached hydrogens (tertiary/aromatic N) is 2. The number of anilines is 1. The first-order chi connectivity index (χ1) is 17.8. The lowest BCUT2D eigenvalue weighted by Crippen LogP contribution is -2.44. The number of aromatic nitrogens is 1. The molecule has 1 aromatic heterocycles. The molecule has 188 valence electrons. The number of alkyl halides is 2. The molecule has 2 aliphatic rings. The van der Waals surface area contributed by atoms with Gasteiger partial charge < -0.3 is 14.6 Å². The van der Waals surface area contributed by atoms with Crippen LogP contribution >= 0.6 is 0 Å². The first-order valence-electron chi connectivity index (χ1n) is 12.2. The number of hydrogen-bond donors (Lipinski definition) is 1. The molecule has 2 heterocycles. The van der Waals surface area contributed by atoms with Crippen LogP contribution < -0.4 is 15.6 Å². The predicted molar refractivity (Wildman–Crippen MR) is 138 cm³/mol. The zero-order chi connectivity index (χ0) is 25.7. The molecular weight excluding hydrogens is 479 g/mol. The first kappa shape index (κ1) is 23.3. The lowest BCUT2D eigenvalue weighted by Gasteiger charge is -2.25. The molecule has 37 heavy (non-hydrogen) atoms. The van der Waals surface area contributed by atoms with E-state index in [1.807, 2.05) is 60.7 Å². The van der Waals surface area contributed by atoms with Gasteiger partial charge in [-0.25, -0.2) is 18.2 Å². The van der Waals surface area contributed by atoms with Crippen LogP contribution in [0.2, 0.25) is 0 Å². The van der Waals surface area contributed by atoms with Crippen LogP contribution in [0.5, 0.6) is 5.75 Å². The summed E-state index contributed by atoms with van der Waals surface area (Å²) < 4.78 is 52.0. The maximum Gasteiger partial charge on any atom is 0.301 e. The van der Waals surface area contributed by atoms with Crippen LogP contribution in [0.15, 0.2) is 82.6 Å². The molecule has 5 nitrogen and oxygen atoms in total. The Morgan fingerprint density at radius 3 is 2.24 bits per heavy atom. The van der Waals surface area contributed by atoms with Gasteiger partial charge in [0.1, 0.15) is 5.69 Å². The average molecular weight is 504 g/mol. The topological polar surface area (TPSA) is 55.6 Å². The van der Waals surface area contributed by atoms with E-state index in [9.17, 15) is 13.6 Å². The standard InChI is InChI=1S/C29H24F3N3O2/c1-35-23-15-21(30)22(33-24(17-8-4-2-5-9-17)18-10-6-3-7-11-18)14-20(23)25-26(28(35)36)37-16-29(31,32)27(34-25)19-12-13-19/h2-11,14-15,19,27,34H,12-13,16H2,1H3/t27-/m0/s1. The zero-order valence-electron chi connectivity index (χ0n) is 20.0. The van der Waals surface area contributed by atoms with Gasteiger partial charge in [-0.05, 0) is 24.8 Å². The van der Waals surface area contributed by atoms with E-state index < -0.39 is 29.9 Å². The maximum absolute atomic E-state index is 15.5. The number of benzene rings is 3. The first-order valence-corrected chi connectivity index (χ1v) is 12.2. The van der Waals surface area contributed by atoms with Crippen molar-refractivity contribution in [1.82, 2.24) is 4.57 Å². The Labute approximate surface area is 211 Å². The maximum atomic E-state index is 15.5. The number of aliphatic imine (C=N–C) groups is 1. The number of halogens is 3. The van der Waals surface area contributed by atoms with Crippen LogP contribution in [0.4, 0.5) is 24.5 Å². The van der Waals surface area contributed by atoms with E-state index in [1.54, 1.807) is 0 Å². The Hall–Kier alpha value is -4.07. The molecule has 0 unspecified atom stereocenters. The molecule has 0 spiro atoms. The van der Waals surface area contributed by atoms with Crippen molar-refractivity contribution in [2.45, 2.75) is 24.8 Å². The number of hydrogen-bond acceptors (Lipinski definition) is 4. The van der Waals surface area contributed by atoms with Gasteiger partial charge in [0.2, 0.25) is 5.75 Å². The van der Waals surface area contributed by atoms with Crippen LogP contribution in [-0.2, 0) is 7.05 Å². The van der Waals surface area contributed by atoms with Gasteiger partial charge >= 0.3 is 5.92 Å². The minimum absolute atomic E-state index is 0.0248. The van der Waals surface area contributed by atoms with Crippen molar-refractivity contribution < 1.29 is 17.9 Å². The fourth-order valence-electron chi connectivity index (χ4n) is 4.90. The van der Waals surface area contributed by atoms with Crippen molar-refractivity contribution in [3.63, 3.8) is 0 Å². The van der Waals surface area contributed by atoms with E-state index in [1.165, 1.54) is 23.7 Å². The molecule has 0 amide bonds. The normalized spacial score (nSPS) is 18.3. The molecule has 0 saturated heterocycles. The fourth-order valence-corrected chi connectivity index (χ4v) is 4.90. The van der Waals surface area contributed by atoms with Gasteiger partial charge in [0.15, 0.2) is 12.4 Å². The van der Waals surface area contributed by atoms with Crippen LogP contribution in [0.3, 0.4) is 0 Å². The van der Waals surface area contributed by atoms with Crippen LogP contribution in [0.1, 0.15) is 24.0 Å². The monoisotopic (exact) mass is 503 g/mol. The van der Waals surface area contributed by atoms with Crippen molar-refractivity contribution in [3.05, 3.63) is 100 Å². The van der Waals surface area contributed by atoms with Crippen molar-refractivity contribution >= 4 is 28.0 Å². The minimum atomic E-state index is -3.16. The minimum Gasteiger partial charge on any atom is -0.480 e. The highest BCUT2D eigenvalue weighted by Gasteiger charge is 2.51. The molecule has 0 bridgehead atoms. The Bertz CT molecular complexity index is 1540. The summed E-state index contributed by atoms with van der Waals surface area (Å²) in [6.45, 7) is -0.896. The van der Waals surface area contributed by atoms with E-state index in [2.05, 4.69) is 5.32 Å². The van der Waals surface area contributed by atoms with Crippen LogP contribution in [0, 0.1) is 11.7 Å². The molecule has 1 fully saturated rings. The second-order valence-corrected chi connectivity index (χ2v) is 9.59. The Kier molecular flexibility index (Phi) is 5.55. The third-order valence-electron chi connectivity index (χ3n) is 7.01. The second kappa shape index (κ2) is 8.80. The molecule has 4 aromatic rings. The number of nitrogens with one attached hydrogen (secondary N) is 1. The summed E-state index contributed by atoms with van der Waals surface area (Å²) in [6, 6.07) is 20.4. The summed E-state index contributed by atoms with van der Waals surface area (Å²) in [6.07, 6.45) is 1.35. The number of rotatable bonds is 4. The predicted octanol–water partition coefficient (Wildman–Crippen LogP) is 6.06. The van der Waals surface area contributed by atoms with Crippen molar-refractivity contribution in [1.29, 1.82) is 0 Å². The van der Waals surface area contributed by atoms with E-state index in [-0.39, 0.29) is 28.6 Å². The molecule has 6 rings (SSSR count). The largest absolute Gasteiger partial charge is 0.480 e. The molecule has 1 saturated carbocycles. The smallest absolute Gasteiger partial charge is 0.301 e. The van der Waals surface area contributed by atoms with Gasteiger partial charge in [0, 0.05) is 29.6 Å². The Balaban J connectivity index is 1.58. The highest BCUT2D eigenvalue weighted by atomic mass is 19.3. The summed E-state index contributed by atoms with van der Waals surface area (Å²) in [7, 11) is 1.47. The van der Waals surface area contributed by atoms with Gasteiger partial charge in [-0.1, -0.05) is 60.7 Å². The molecule has 1 aliphatic heterocycles. The van der Waals surface area contributed by atoms with E-state index in [0.717, 1.165) is 11.1 Å². The Morgan fingerprint density at radius 2 is 1.65 bits per heavy atom. The Morgan fingerprint density at radius 1 is 1.03 bits per heavy atom. The molecule has 1 N–H and O–H groups in total. The number of ether oxygens (including phenoxy) is 1. The van der Waals surface area contributed by atoms with Crippen LogP contribution in [0.25, 0.3) is 10.9 Å². The molecule has 1 aliphatic carbocycles. The summed E-state index contributed by atoms with van der Waals surface area (Å²) in [5.41, 5.74) is 1.98. The van der Waals surface area contributed by atoms with E-state index in [0.29, 0.717) is 23.9 Å². The SMILES string of the molecule is Cn1c(=O)c2c(c3cc(N=C(c4ccccc4)c4ccccc4)c(F)cc31)N[C@@H](C1CC1)C(F)(F)CO2. The summed E-state index contributed by atoms with van der Waals surface area (Å²) >= 11 is 0. The lowest BCUT2D eigenvalue weighted by molar-refractivity contribution is -0.0579. The highest BCUT2D eigenvalue weighted by Crippen LogP contribution is 2.46. The molecule has 0 radical (unpaired) electrons. The van der Waals surface area contributed by atoms with Crippen molar-refractivity contribution in [3.8, 4) is 5.75 Å². The van der Waals surface area contributed by atoms with Gasteiger partial charge in [-0.2, -0.15) is 0 Å². The summed E-state index contributed by atoms with van der Waals surface area (Å²) in [4.78, 5) is 17.7. The average Bonchev–Trinajstić information content (AvgIpc) is 3.75. The zero-order valence-corrected chi connectivity index (χ0v) is 20.0. The van der Waals surface area contributed by atoms with Gasteiger partial charge in [-0.15, -0.1) is 0 Å². The second-order valence-electron chi connectivity index (χ2n) is 9.59. The van der Waals surface area contributed by atoms with E-state index >= 15 is 4.39 Å². The number of aryl methyl sites for hydroxylation is 1.